The van der Waals surface area contributed by atoms with Crippen molar-refractivity contribution in [3.05, 3.63) is 48.5 Å². The van der Waals surface area contributed by atoms with Crippen molar-refractivity contribution in [1.82, 2.24) is 9.97 Å². The second kappa shape index (κ2) is 5.78. The number of hydrogen-bond donors (Lipinski definition) is 1. The van der Waals surface area contributed by atoms with E-state index in [-0.39, 0.29) is 12.1 Å². The highest BCUT2D eigenvalue weighted by Crippen LogP contribution is 2.24. The minimum atomic E-state index is -0.297. The summed E-state index contributed by atoms with van der Waals surface area (Å²) in [6.45, 7) is 3.04. The Morgan fingerprint density at radius 3 is 3.00 bits per heavy atom. The molecule has 1 unspecified atom stereocenters. The molecule has 0 aliphatic carbocycles. The van der Waals surface area contributed by atoms with Crippen molar-refractivity contribution in [3.63, 3.8) is 0 Å². The number of amides is 1. The number of benzene rings is 1. The highest BCUT2D eigenvalue weighted by atomic mass is 16.6. The fraction of sp³-hybridized carbons (Fsp3) is 0.267. The lowest BCUT2D eigenvalue weighted by molar-refractivity contribution is 0.181. The van der Waals surface area contributed by atoms with Gasteiger partial charge in [-0.05, 0) is 25.1 Å². The van der Waals surface area contributed by atoms with Crippen LogP contribution < -0.4 is 10.2 Å². The summed E-state index contributed by atoms with van der Waals surface area (Å²) in [5, 5.41) is 3.36. The van der Waals surface area contributed by atoms with E-state index in [2.05, 4.69) is 15.3 Å². The van der Waals surface area contributed by atoms with Gasteiger partial charge in [-0.2, -0.15) is 0 Å². The topological polar surface area (TPSA) is 67.3 Å². The summed E-state index contributed by atoms with van der Waals surface area (Å²) in [4.78, 5) is 21.6. The van der Waals surface area contributed by atoms with Crippen LogP contribution in [0.5, 0.6) is 0 Å². The molecule has 2 heterocycles. The molecule has 1 aromatic heterocycles. The third-order valence-electron chi connectivity index (χ3n) is 3.33. The van der Waals surface area contributed by atoms with Gasteiger partial charge in [0.05, 0.1) is 24.5 Å². The molecule has 21 heavy (non-hydrogen) atoms. The SMILES string of the molecule is CC(Nc1cccc(N2CCOC2=O)c1)c1cnccn1. The number of ether oxygens (including phenoxy) is 1. The van der Waals surface area contributed by atoms with Gasteiger partial charge in [0, 0.05) is 23.8 Å². The Labute approximate surface area is 122 Å². The number of nitrogens with one attached hydrogen (secondary N) is 1. The molecule has 2 aromatic rings. The molecule has 0 bridgehead atoms. The summed E-state index contributed by atoms with van der Waals surface area (Å²) < 4.78 is 4.96. The molecule has 1 amide bonds. The molecule has 6 heteroatoms. The Kier molecular flexibility index (Phi) is 3.68. The maximum absolute atomic E-state index is 11.6. The van der Waals surface area contributed by atoms with Crippen LogP contribution in [0.15, 0.2) is 42.9 Å². The lowest BCUT2D eigenvalue weighted by Crippen LogP contribution is -2.23. The standard InChI is InChI=1S/C15H16N4O2/c1-11(14-10-16-5-6-17-14)18-12-3-2-4-13(9-12)19-7-8-21-15(19)20/h2-6,9-11,18H,7-8H2,1H3. The third-order valence-corrected chi connectivity index (χ3v) is 3.33. The normalized spacial score (nSPS) is 15.7. The second-order valence-corrected chi connectivity index (χ2v) is 4.81. The molecule has 3 rings (SSSR count). The summed E-state index contributed by atoms with van der Waals surface area (Å²) >= 11 is 0. The lowest BCUT2D eigenvalue weighted by Gasteiger charge is -2.17. The van der Waals surface area contributed by atoms with Gasteiger partial charge in [-0.15, -0.1) is 0 Å². The molecule has 6 nitrogen and oxygen atoms in total. The van der Waals surface area contributed by atoms with Crippen molar-refractivity contribution in [2.75, 3.05) is 23.4 Å². The first-order chi connectivity index (χ1) is 10.2. The summed E-state index contributed by atoms with van der Waals surface area (Å²) in [5.41, 5.74) is 2.61. The zero-order valence-corrected chi connectivity index (χ0v) is 11.7. The minimum Gasteiger partial charge on any atom is -0.447 e. The molecule has 1 aromatic carbocycles. The van der Waals surface area contributed by atoms with E-state index in [9.17, 15) is 4.79 Å². The largest absolute Gasteiger partial charge is 0.447 e. The summed E-state index contributed by atoms with van der Waals surface area (Å²) in [7, 11) is 0. The average molecular weight is 284 g/mol. The Morgan fingerprint density at radius 2 is 2.29 bits per heavy atom. The van der Waals surface area contributed by atoms with Crippen LogP contribution in [0, 0.1) is 0 Å². The zero-order valence-electron chi connectivity index (χ0n) is 11.7. The second-order valence-electron chi connectivity index (χ2n) is 4.81. The number of rotatable bonds is 4. The van der Waals surface area contributed by atoms with Crippen LogP contribution >= 0.6 is 0 Å². The molecule has 1 atom stereocenters. The Morgan fingerprint density at radius 1 is 1.38 bits per heavy atom. The van der Waals surface area contributed by atoms with E-state index in [0.717, 1.165) is 17.1 Å². The summed E-state index contributed by atoms with van der Waals surface area (Å²) in [6.07, 6.45) is 4.76. The first-order valence-corrected chi connectivity index (χ1v) is 6.81. The molecule has 1 fully saturated rings. The fourth-order valence-electron chi connectivity index (χ4n) is 2.25. The van der Waals surface area contributed by atoms with Gasteiger partial charge in [-0.1, -0.05) is 6.07 Å². The Balaban J connectivity index is 1.76. The fourth-order valence-corrected chi connectivity index (χ4v) is 2.25. The monoisotopic (exact) mass is 284 g/mol. The van der Waals surface area contributed by atoms with E-state index in [4.69, 9.17) is 4.74 Å². The van der Waals surface area contributed by atoms with Gasteiger partial charge >= 0.3 is 6.09 Å². The number of nitrogens with zero attached hydrogens (tertiary/aromatic N) is 3. The van der Waals surface area contributed by atoms with Crippen molar-refractivity contribution >= 4 is 17.5 Å². The van der Waals surface area contributed by atoms with Crippen molar-refractivity contribution in [1.29, 1.82) is 0 Å². The molecule has 108 valence electrons. The lowest BCUT2D eigenvalue weighted by atomic mass is 10.2. The molecule has 0 radical (unpaired) electrons. The predicted octanol–water partition coefficient (Wildman–Crippen LogP) is 2.61. The van der Waals surface area contributed by atoms with Gasteiger partial charge < -0.3 is 10.1 Å². The molecule has 0 saturated carbocycles. The van der Waals surface area contributed by atoms with Gasteiger partial charge in [0.1, 0.15) is 6.61 Å². The molecule has 0 spiro atoms. The molecular formula is C15H16N4O2. The molecular weight excluding hydrogens is 268 g/mol. The van der Waals surface area contributed by atoms with Crippen LogP contribution in [0.1, 0.15) is 18.7 Å². The Bertz CT molecular complexity index is 633. The number of hydrogen-bond acceptors (Lipinski definition) is 5. The smallest absolute Gasteiger partial charge is 0.414 e. The highest BCUT2D eigenvalue weighted by molar-refractivity contribution is 5.89. The van der Waals surface area contributed by atoms with Gasteiger partial charge in [-0.25, -0.2) is 4.79 Å². The minimum absolute atomic E-state index is 0.0273. The number of aromatic nitrogens is 2. The number of carbonyl (C=O) groups is 1. The number of anilines is 2. The maximum atomic E-state index is 11.6. The van der Waals surface area contributed by atoms with Crippen LogP contribution in [-0.4, -0.2) is 29.2 Å². The third kappa shape index (κ3) is 2.94. The van der Waals surface area contributed by atoms with Crippen molar-refractivity contribution < 1.29 is 9.53 Å². The van der Waals surface area contributed by atoms with E-state index >= 15 is 0 Å². The van der Waals surface area contributed by atoms with E-state index in [1.165, 1.54) is 0 Å². The number of cyclic esters (lactones) is 1. The predicted molar refractivity (Wildman–Crippen MR) is 79.2 cm³/mol. The average Bonchev–Trinajstić information content (AvgIpc) is 2.94. The van der Waals surface area contributed by atoms with Gasteiger partial charge in [0.15, 0.2) is 0 Å². The highest BCUT2D eigenvalue weighted by Gasteiger charge is 2.23. The van der Waals surface area contributed by atoms with Gasteiger partial charge in [-0.3, -0.25) is 14.9 Å². The number of carbonyl (C=O) groups excluding carboxylic acids is 1. The molecule has 1 aliphatic heterocycles. The van der Waals surface area contributed by atoms with Crippen LogP contribution in [-0.2, 0) is 4.74 Å². The zero-order chi connectivity index (χ0) is 14.7. The van der Waals surface area contributed by atoms with E-state index in [0.29, 0.717) is 13.2 Å². The van der Waals surface area contributed by atoms with Crippen molar-refractivity contribution in [2.24, 2.45) is 0 Å². The summed E-state index contributed by atoms with van der Waals surface area (Å²) in [6, 6.07) is 7.72. The first kappa shape index (κ1) is 13.4. The van der Waals surface area contributed by atoms with E-state index < -0.39 is 0 Å². The summed E-state index contributed by atoms with van der Waals surface area (Å²) in [5.74, 6) is 0. The van der Waals surface area contributed by atoms with Crippen molar-refractivity contribution in [2.45, 2.75) is 13.0 Å². The van der Waals surface area contributed by atoms with Gasteiger partial charge in [0.2, 0.25) is 0 Å². The van der Waals surface area contributed by atoms with Gasteiger partial charge in [0.25, 0.3) is 0 Å². The quantitative estimate of drug-likeness (QED) is 0.934. The first-order valence-electron chi connectivity index (χ1n) is 6.81. The molecule has 1 saturated heterocycles. The van der Waals surface area contributed by atoms with E-state index in [1.54, 1.807) is 23.5 Å². The van der Waals surface area contributed by atoms with Crippen LogP contribution in [0.25, 0.3) is 0 Å². The van der Waals surface area contributed by atoms with Crippen LogP contribution in [0.4, 0.5) is 16.2 Å². The molecule has 1 N–H and O–H groups in total. The van der Waals surface area contributed by atoms with Crippen LogP contribution in [0.3, 0.4) is 0 Å². The van der Waals surface area contributed by atoms with E-state index in [1.807, 2.05) is 31.2 Å². The Hall–Kier alpha value is -2.63. The van der Waals surface area contributed by atoms with Crippen LogP contribution in [0.2, 0.25) is 0 Å². The maximum Gasteiger partial charge on any atom is 0.414 e. The van der Waals surface area contributed by atoms with Crippen molar-refractivity contribution in [3.8, 4) is 0 Å². The molecule has 1 aliphatic rings.